The summed E-state index contributed by atoms with van der Waals surface area (Å²) in [6.45, 7) is 0. The van der Waals surface area contributed by atoms with Crippen molar-refractivity contribution in [3.63, 3.8) is 0 Å². The lowest BCUT2D eigenvalue weighted by atomic mass is 10.1. The van der Waals surface area contributed by atoms with Crippen LogP contribution in [0.2, 0.25) is 0 Å². The van der Waals surface area contributed by atoms with E-state index in [1.54, 1.807) is 0 Å². The number of rotatable bonds is 4. The molecule has 2 N–H and O–H groups in total. The molecule has 1 heterocycles. The minimum atomic E-state index is 0.111. The zero-order valence-electron chi connectivity index (χ0n) is 10.7. The number of carbonyl (C=O) groups excluding carboxylic acids is 1. The summed E-state index contributed by atoms with van der Waals surface area (Å²) in [5.41, 5.74) is 3.82. The number of hydrogen-bond acceptors (Lipinski definition) is 1. The van der Waals surface area contributed by atoms with Gasteiger partial charge in [-0.3, -0.25) is 4.79 Å². The van der Waals surface area contributed by atoms with Crippen LogP contribution in [-0.2, 0) is 17.6 Å². The third-order valence-electron chi connectivity index (χ3n) is 3.71. The van der Waals surface area contributed by atoms with Gasteiger partial charge in [0, 0.05) is 41.4 Å². The second kappa shape index (κ2) is 5.25. The Hall–Kier alpha value is -1.48. The van der Waals surface area contributed by atoms with Crippen LogP contribution in [0, 0.1) is 0 Å². The molecular weight excluding hydrogens is 260 g/mol. The fraction of sp³-hybridized carbons (Fsp3) is 0.400. The largest absolute Gasteiger partial charge is 0.358 e. The van der Waals surface area contributed by atoms with E-state index in [2.05, 4.69) is 28.5 Å². The highest BCUT2D eigenvalue weighted by Crippen LogP contribution is 2.29. The van der Waals surface area contributed by atoms with Gasteiger partial charge in [-0.15, -0.1) is 11.6 Å². The lowest BCUT2D eigenvalue weighted by Crippen LogP contribution is -2.35. The van der Waals surface area contributed by atoms with Crippen LogP contribution in [0.5, 0.6) is 0 Å². The van der Waals surface area contributed by atoms with Crippen molar-refractivity contribution in [2.75, 3.05) is 5.88 Å². The predicted octanol–water partition coefficient (Wildman–Crippen LogP) is 2.77. The molecule has 1 aliphatic rings. The van der Waals surface area contributed by atoms with E-state index in [1.165, 1.54) is 22.2 Å². The van der Waals surface area contributed by atoms with Crippen LogP contribution in [-0.4, -0.2) is 22.8 Å². The summed E-state index contributed by atoms with van der Waals surface area (Å²) in [6.07, 6.45) is 3.09. The molecule has 0 saturated heterocycles. The maximum Gasteiger partial charge on any atom is 0.220 e. The van der Waals surface area contributed by atoms with Crippen LogP contribution in [0.3, 0.4) is 0 Å². The van der Waals surface area contributed by atoms with Gasteiger partial charge in [0.15, 0.2) is 0 Å². The second-order valence-electron chi connectivity index (χ2n) is 5.09. The summed E-state index contributed by atoms with van der Waals surface area (Å²) in [7, 11) is 0. The first kappa shape index (κ1) is 12.5. The minimum Gasteiger partial charge on any atom is -0.358 e. The number of alkyl halides is 1. The number of fused-ring (bicyclic) bond motifs is 3. The van der Waals surface area contributed by atoms with E-state index in [4.69, 9.17) is 11.6 Å². The minimum absolute atomic E-state index is 0.111. The number of benzene rings is 1. The van der Waals surface area contributed by atoms with Crippen molar-refractivity contribution in [1.82, 2.24) is 10.3 Å². The molecule has 1 atom stereocenters. The maximum absolute atomic E-state index is 11.7. The molecule has 100 valence electrons. The monoisotopic (exact) mass is 276 g/mol. The van der Waals surface area contributed by atoms with Gasteiger partial charge < -0.3 is 10.3 Å². The van der Waals surface area contributed by atoms with Gasteiger partial charge in [0.25, 0.3) is 0 Å². The predicted molar refractivity (Wildman–Crippen MR) is 77.6 cm³/mol. The van der Waals surface area contributed by atoms with Crippen molar-refractivity contribution in [3.05, 3.63) is 35.5 Å². The Kier molecular flexibility index (Phi) is 3.47. The highest BCUT2D eigenvalue weighted by molar-refractivity contribution is 6.17. The Bertz CT molecular complexity index is 605. The molecule has 1 aromatic heterocycles. The third kappa shape index (κ3) is 2.47. The van der Waals surface area contributed by atoms with E-state index in [0.717, 1.165) is 19.3 Å². The van der Waals surface area contributed by atoms with Crippen molar-refractivity contribution in [3.8, 4) is 0 Å². The fourth-order valence-corrected chi connectivity index (χ4v) is 2.99. The van der Waals surface area contributed by atoms with E-state index in [1.807, 2.05) is 6.07 Å². The molecule has 3 nitrogen and oxygen atoms in total. The summed E-state index contributed by atoms with van der Waals surface area (Å²) in [5.74, 6) is 0.655. The van der Waals surface area contributed by atoms with Crippen LogP contribution in [0.15, 0.2) is 24.3 Å². The van der Waals surface area contributed by atoms with E-state index in [0.29, 0.717) is 12.3 Å². The zero-order valence-corrected chi connectivity index (χ0v) is 11.5. The first-order valence-electron chi connectivity index (χ1n) is 6.71. The normalized spacial score (nSPS) is 17.6. The van der Waals surface area contributed by atoms with Crippen LogP contribution >= 0.6 is 11.6 Å². The highest BCUT2D eigenvalue weighted by atomic mass is 35.5. The molecule has 0 fully saturated rings. The molecule has 2 aromatic rings. The molecule has 1 unspecified atom stereocenters. The second-order valence-corrected chi connectivity index (χ2v) is 5.47. The van der Waals surface area contributed by atoms with Crippen LogP contribution in [0.1, 0.15) is 24.1 Å². The molecular formula is C15H17ClN2O. The lowest BCUT2D eigenvalue weighted by Gasteiger charge is -2.12. The molecule has 3 rings (SSSR count). The van der Waals surface area contributed by atoms with Gasteiger partial charge in [-0.2, -0.15) is 0 Å². The maximum atomic E-state index is 11.7. The van der Waals surface area contributed by atoms with E-state index < -0.39 is 0 Å². The molecule has 0 radical (unpaired) electrons. The quantitative estimate of drug-likeness (QED) is 0.829. The Morgan fingerprint density at radius 3 is 3.05 bits per heavy atom. The summed E-state index contributed by atoms with van der Waals surface area (Å²) < 4.78 is 0. The Balaban J connectivity index is 1.69. The Labute approximate surface area is 117 Å². The number of para-hydroxylation sites is 1. The Morgan fingerprint density at radius 2 is 2.21 bits per heavy atom. The average molecular weight is 277 g/mol. The molecule has 1 aliphatic carbocycles. The number of carbonyl (C=O) groups is 1. The average Bonchev–Trinajstić information content (AvgIpc) is 2.93. The summed E-state index contributed by atoms with van der Waals surface area (Å²) in [6, 6.07) is 8.57. The van der Waals surface area contributed by atoms with Gasteiger partial charge in [0.05, 0.1) is 0 Å². The summed E-state index contributed by atoms with van der Waals surface area (Å²) in [5, 5.41) is 4.38. The fourth-order valence-electron chi connectivity index (χ4n) is 2.86. The summed E-state index contributed by atoms with van der Waals surface area (Å²) in [4.78, 5) is 15.2. The molecule has 0 saturated carbocycles. The van der Waals surface area contributed by atoms with Gasteiger partial charge in [-0.25, -0.2) is 0 Å². The van der Waals surface area contributed by atoms with Crippen LogP contribution in [0.25, 0.3) is 10.9 Å². The molecule has 4 heteroatoms. The molecule has 1 aromatic carbocycles. The zero-order chi connectivity index (χ0) is 13.2. The number of aromatic amines is 1. The van der Waals surface area contributed by atoms with Crippen molar-refractivity contribution < 1.29 is 4.79 Å². The first-order chi connectivity index (χ1) is 9.28. The van der Waals surface area contributed by atoms with Gasteiger partial charge in [-0.05, 0) is 24.5 Å². The number of amides is 1. The first-order valence-corrected chi connectivity index (χ1v) is 7.25. The van der Waals surface area contributed by atoms with Crippen molar-refractivity contribution >= 4 is 28.4 Å². The van der Waals surface area contributed by atoms with E-state index >= 15 is 0 Å². The molecule has 19 heavy (non-hydrogen) atoms. The van der Waals surface area contributed by atoms with Gasteiger partial charge in [-0.1, -0.05) is 18.2 Å². The smallest absolute Gasteiger partial charge is 0.220 e. The van der Waals surface area contributed by atoms with Crippen molar-refractivity contribution in [2.24, 2.45) is 0 Å². The van der Waals surface area contributed by atoms with Crippen LogP contribution < -0.4 is 5.32 Å². The Morgan fingerprint density at radius 1 is 1.37 bits per heavy atom. The van der Waals surface area contributed by atoms with E-state index in [-0.39, 0.29) is 11.9 Å². The van der Waals surface area contributed by atoms with Gasteiger partial charge in [0.2, 0.25) is 5.91 Å². The number of halogens is 1. The van der Waals surface area contributed by atoms with Crippen LogP contribution in [0.4, 0.5) is 0 Å². The topological polar surface area (TPSA) is 44.9 Å². The van der Waals surface area contributed by atoms with Crippen molar-refractivity contribution in [2.45, 2.75) is 31.7 Å². The molecule has 0 aliphatic heterocycles. The van der Waals surface area contributed by atoms with Crippen molar-refractivity contribution in [1.29, 1.82) is 0 Å². The third-order valence-corrected chi connectivity index (χ3v) is 3.97. The number of nitrogens with one attached hydrogen (secondary N) is 2. The summed E-state index contributed by atoms with van der Waals surface area (Å²) >= 11 is 5.60. The number of aromatic nitrogens is 1. The molecule has 0 spiro atoms. The molecule has 1 amide bonds. The number of H-pyrrole nitrogens is 1. The lowest BCUT2D eigenvalue weighted by molar-refractivity contribution is -0.121. The van der Waals surface area contributed by atoms with Gasteiger partial charge in [0.1, 0.15) is 0 Å². The van der Waals surface area contributed by atoms with E-state index in [9.17, 15) is 4.79 Å². The highest BCUT2D eigenvalue weighted by Gasteiger charge is 2.26. The molecule has 0 bridgehead atoms. The number of hydrogen-bond donors (Lipinski definition) is 2. The standard InChI is InChI=1S/C15H17ClN2O/c16-7-3-6-15(19)17-10-8-12-11-4-1-2-5-13(11)18-14(12)9-10/h1-2,4-5,10,18H,3,6-9H2,(H,17,19). The SMILES string of the molecule is O=C(CCCCl)NC1Cc2[nH]c3ccccc3c2C1. The van der Waals surface area contributed by atoms with Gasteiger partial charge >= 0.3 is 0 Å².